The topological polar surface area (TPSA) is 58.2 Å². The summed E-state index contributed by atoms with van der Waals surface area (Å²) in [6.07, 6.45) is -3.66. The summed E-state index contributed by atoms with van der Waals surface area (Å²) < 4.78 is 42.9. The van der Waals surface area contributed by atoms with Crippen molar-refractivity contribution in [2.45, 2.75) is 51.3 Å². The van der Waals surface area contributed by atoms with Crippen molar-refractivity contribution in [1.82, 2.24) is 15.1 Å². The molecule has 5 nitrogen and oxygen atoms in total. The number of carbonyl (C=O) groups is 1. The van der Waals surface area contributed by atoms with Gasteiger partial charge in [0.1, 0.15) is 5.60 Å². The Morgan fingerprint density at radius 2 is 1.91 bits per heavy atom. The Kier molecular flexibility index (Phi) is 4.39. The van der Waals surface area contributed by atoms with Gasteiger partial charge in [0, 0.05) is 24.7 Å². The molecule has 124 valence electrons. The van der Waals surface area contributed by atoms with Gasteiger partial charge in [0.25, 0.3) is 0 Å². The second-order valence-electron chi connectivity index (χ2n) is 6.45. The van der Waals surface area contributed by atoms with Gasteiger partial charge >= 0.3 is 12.3 Å². The number of nitrogens with one attached hydrogen (secondary N) is 1. The molecule has 0 saturated carbocycles. The highest BCUT2D eigenvalue weighted by atomic mass is 19.4. The van der Waals surface area contributed by atoms with Gasteiger partial charge in [-0.15, -0.1) is 0 Å². The average molecular weight is 319 g/mol. The van der Waals surface area contributed by atoms with Gasteiger partial charge < -0.3 is 9.64 Å². The average Bonchev–Trinajstić information content (AvgIpc) is 2.86. The smallest absolute Gasteiger partial charge is 0.435 e. The van der Waals surface area contributed by atoms with E-state index < -0.39 is 17.5 Å². The van der Waals surface area contributed by atoms with E-state index in [1.807, 2.05) is 0 Å². The second-order valence-corrected chi connectivity index (χ2v) is 6.45. The van der Waals surface area contributed by atoms with Crippen molar-refractivity contribution in [3.05, 3.63) is 17.5 Å². The van der Waals surface area contributed by atoms with Crippen LogP contribution in [0.1, 0.15) is 50.9 Å². The summed E-state index contributed by atoms with van der Waals surface area (Å²) in [7, 11) is 0. The molecule has 2 rings (SSSR count). The number of rotatable bonds is 1. The predicted molar refractivity (Wildman–Crippen MR) is 73.4 cm³/mol. The maximum absolute atomic E-state index is 12.5. The molecule has 22 heavy (non-hydrogen) atoms. The molecule has 2 heterocycles. The summed E-state index contributed by atoms with van der Waals surface area (Å²) in [6, 6.07) is 1.05. The minimum Gasteiger partial charge on any atom is -0.444 e. The quantitative estimate of drug-likeness (QED) is 0.861. The predicted octanol–water partition coefficient (Wildman–Crippen LogP) is 3.54. The second kappa shape index (κ2) is 5.81. The number of aromatic nitrogens is 2. The molecule has 8 heteroatoms. The highest BCUT2D eigenvalue weighted by Gasteiger charge is 2.35. The highest BCUT2D eigenvalue weighted by molar-refractivity contribution is 5.68. The number of amides is 1. The molecule has 1 amide bonds. The van der Waals surface area contributed by atoms with Gasteiger partial charge in [-0.1, -0.05) is 0 Å². The van der Waals surface area contributed by atoms with E-state index in [0.717, 1.165) is 6.07 Å². The Bertz CT molecular complexity index is 526. The van der Waals surface area contributed by atoms with Gasteiger partial charge in [-0.25, -0.2) is 4.79 Å². The summed E-state index contributed by atoms with van der Waals surface area (Å²) in [4.78, 5) is 13.5. The summed E-state index contributed by atoms with van der Waals surface area (Å²) in [6.45, 7) is 6.29. The molecular weight excluding hydrogens is 299 g/mol. The summed E-state index contributed by atoms with van der Waals surface area (Å²) in [5.74, 6) is -0.0534. The largest absolute Gasteiger partial charge is 0.444 e. The van der Waals surface area contributed by atoms with Crippen molar-refractivity contribution < 1.29 is 22.7 Å². The van der Waals surface area contributed by atoms with Gasteiger partial charge in [-0.05, 0) is 39.7 Å². The first-order valence-corrected chi connectivity index (χ1v) is 7.17. The molecule has 0 atom stereocenters. The number of alkyl halides is 3. The number of aromatic amines is 1. The van der Waals surface area contributed by atoms with Gasteiger partial charge in [-0.2, -0.15) is 18.3 Å². The van der Waals surface area contributed by atoms with E-state index in [9.17, 15) is 18.0 Å². The van der Waals surface area contributed by atoms with Crippen LogP contribution in [0.4, 0.5) is 18.0 Å². The standard InChI is InChI=1S/C14H20F3N3O2/c1-13(2,3)22-12(21)20-6-4-9(5-7-20)10-8-11(19-18-10)14(15,16)17/h8-9H,4-7H2,1-3H3,(H,18,19). The van der Waals surface area contributed by atoms with Crippen LogP contribution in [0.2, 0.25) is 0 Å². The van der Waals surface area contributed by atoms with Crippen LogP contribution in [-0.4, -0.2) is 39.9 Å². The minimum absolute atomic E-state index is 0.0534. The van der Waals surface area contributed by atoms with Crippen LogP contribution in [-0.2, 0) is 10.9 Å². The molecule has 1 fully saturated rings. The molecule has 1 aromatic heterocycles. The third-order valence-corrected chi connectivity index (χ3v) is 3.47. The fourth-order valence-electron chi connectivity index (χ4n) is 2.39. The number of likely N-dealkylation sites (tertiary alicyclic amines) is 1. The van der Waals surface area contributed by atoms with Crippen molar-refractivity contribution in [3.63, 3.8) is 0 Å². The lowest BCUT2D eigenvalue weighted by Crippen LogP contribution is -2.41. The first-order valence-electron chi connectivity index (χ1n) is 7.17. The number of halogens is 3. The third kappa shape index (κ3) is 4.14. The Morgan fingerprint density at radius 1 is 1.32 bits per heavy atom. The molecule has 1 saturated heterocycles. The van der Waals surface area contributed by atoms with Crippen molar-refractivity contribution in [2.75, 3.05) is 13.1 Å². The molecule has 1 N–H and O–H groups in total. The fourth-order valence-corrected chi connectivity index (χ4v) is 2.39. The van der Waals surface area contributed by atoms with Crippen molar-refractivity contribution in [3.8, 4) is 0 Å². The highest BCUT2D eigenvalue weighted by Crippen LogP contribution is 2.32. The first kappa shape index (κ1) is 16.6. The molecule has 0 aromatic carbocycles. The zero-order valence-electron chi connectivity index (χ0n) is 12.8. The Labute approximate surface area is 126 Å². The van der Waals surface area contributed by atoms with E-state index in [4.69, 9.17) is 4.74 Å². The number of hydrogen-bond donors (Lipinski definition) is 1. The van der Waals surface area contributed by atoms with Crippen LogP contribution in [0.25, 0.3) is 0 Å². The van der Waals surface area contributed by atoms with Crippen LogP contribution in [0.15, 0.2) is 6.07 Å². The number of hydrogen-bond acceptors (Lipinski definition) is 3. The van der Waals surface area contributed by atoms with E-state index in [1.165, 1.54) is 0 Å². The van der Waals surface area contributed by atoms with E-state index in [0.29, 0.717) is 31.6 Å². The first-order chi connectivity index (χ1) is 10.1. The number of H-pyrrole nitrogens is 1. The Morgan fingerprint density at radius 3 is 2.36 bits per heavy atom. The SMILES string of the molecule is CC(C)(C)OC(=O)N1CCC(c2cc(C(F)(F)F)n[nH]2)CC1. The number of nitrogens with zero attached hydrogens (tertiary/aromatic N) is 2. The Hall–Kier alpha value is -1.73. The Balaban J connectivity index is 1.92. The van der Waals surface area contributed by atoms with Crippen molar-refractivity contribution in [2.24, 2.45) is 0 Å². The van der Waals surface area contributed by atoms with Crippen LogP contribution in [0.3, 0.4) is 0 Å². The van der Waals surface area contributed by atoms with Crippen LogP contribution in [0.5, 0.6) is 0 Å². The normalized spacial score (nSPS) is 17.6. The van der Waals surface area contributed by atoms with Crippen LogP contribution in [0, 0.1) is 0 Å². The monoisotopic (exact) mass is 319 g/mol. The molecule has 0 bridgehead atoms. The summed E-state index contributed by atoms with van der Waals surface area (Å²) >= 11 is 0. The fraction of sp³-hybridized carbons (Fsp3) is 0.714. The lowest BCUT2D eigenvalue weighted by Gasteiger charge is -2.33. The molecule has 0 unspecified atom stereocenters. The third-order valence-electron chi connectivity index (χ3n) is 3.47. The summed E-state index contributed by atoms with van der Waals surface area (Å²) in [5, 5.41) is 5.77. The maximum atomic E-state index is 12.5. The zero-order valence-corrected chi connectivity index (χ0v) is 12.8. The van der Waals surface area contributed by atoms with E-state index in [1.54, 1.807) is 25.7 Å². The number of carbonyl (C=O) groups excluding carboxylic acids is 1. The van der Waals surface area contributed by atoms with Gasteiger partial charge in [0.15, 0.2) is 5.69 Å². The zero-order chi connectivity index (χ0) is 16.5. The minimum atomic E-state index is -4.44. The lowest BCUT2D eigenvalue weighted by atomic mass is 9.93. The molecule has 1 aliphatic rings. The van der Waals surface area contributed by atoms with Gasteiger partial charge in [-0.3, -0.25) is 5.10 Å². The number of piperidine rings is 1. The van der Waals surface area contributed by atoms with Crippen LogP contribution < -0.4 is 0 Å². The summed E-state index contributed by atoms with van der Waals surface area (Å²) in [5.41, 5.74) is -0.993. The lowest BCUT2D eigenvalue weighted by molar-refractivity contribution is -0.141. The van der Waals surface area contributed by atoms with Crippen LogP contribution >= 0.6 is 0 Å². The molecule has 0 radical (unpaired) electrons. The van der Waals surface area contributed by atoms with Gasteiger partial charge in [0.2, 0.25) is 0 Å². The molecule has 1 aliphatic heterocycles. The van der Waals surface area contributed by atoms with E-state index in [-0.39, 0.29) is 12.0 Å². The molecule has 1 aromatic rings. The van der Waals surface area contributed by atoms with E-state index >= 15 is 0 Å². The number of ether oxygens (including phenoxy) is 1. The van der Waals surface area contributed by atoms with Gasteiger partial charge in [0.05, 0.1) is 0 Å². The van der Waals surface area contributed by atoms with Crippen molar-refractivity contribution >= 4 is 6.09 Å². The van der Waals surface area contributed by atoms with E-state index in [2.05, 4.69) is 10.2 Å². The molecule has 0 spiro atoms. The molecular formula is C14H20F3N3O2. The maximum Gasteiger partial charge on any atom is 0.435 e. The van der Waals surface area contributed by atoms with Crippen molar-refractivity contribution in [1.29, 1.82) is 0 Å². The molecule has 0 aliphatic carbocycles.